The fourth-order valence-electron chi connectivity index (χ4n) is 3.12. The zero-order chi connectivity index (χ0) is 24.3. The number of amides is 1. The van der Waals surface area contributed by atoms with Gasteiger partial charge >= 0.3 is 12.1 Å². The van der Waals surface area contributed by atoms with Crippen LogP contribution in [0.1, 0.15) is 18.1 Å². The van der Waals surface area contributed by atoms with E-state index >= 15 is 0 Å². The number of rotatable bonds is 10. The zero-order valence-corrected chi connectivity index (χ0v) is 19.0. The van der Waals surface area contributed by atoms with Gasteiger partial charge in [-0.3, -0.25) is 10.1 Å². The third kappa shape index (κ3) is 7.41. The maximum absolute atomic E-state index is 14.2. The lowest BCUT2D eigenvalue weighted by Crippen LogP contribution is -2.32. The van der Waals surface area contributed by atoms with Gasteiger partial charge in [0.1, 0.15) is 11.9 Å². The van der Waals surface area contributed by atoms with Crippen LogP contribution in [0.15, 0.2) is 78.9 Å². The first-order valence-electron chi connectivity index (χ1n) is 10.5. The summed E-state index contributed by atoms with van der Waals surface area (Å²) < 4.78 is 31.1. The first kappa shape index (κ1) is 24.9. The molecule has 0 fully saturated rings. The van der Waals surface area contributed by atoms with Crippen LogP contribution in [0.2, 0.25) is 0 Å². The highest BCUT2D eigenvalue weighted by Gasteiger charge is 2.30. The molecule has 178 valence electrons. The lowest BCUT2D eigenvalue weighted by molar-refractivity contribution is -0.141. The number of halogens is 1. The SMILES string of the molecule is O=C(CS)OCC[C@H](Oc1ccccc1)[C@@H](OC(=O)Nc1ccccc1)c1ccc(O)c(F)c1. The summed E-state index contributed by atoms with van der Waals surface area (Å²) in [6.45, 7) is -0.0440. The van der Waals surface area contributed by atoms with Gasteiger partial charge in [-0.05, 0) is 42.0 Å². The van der Waals surface area contributed by atoms with E-state index in [-0.39, 0.29) is 24.3 Å². The smallest absolute Gasteiger partial charge is 0.412 e. The van der Waals surface area contributed by atoms with Gasteiger partial charge in [0.15, 0.2) is 17.7 Å². The van der Waals surface area contributed by atoms with Crippen LogP contribution in [0.3, 0.4) is 0 Å². The molecule has 9 heteroatoms. The van der Waals surface area contributed by atoms with Crippen LogP contribution in [-0.2, 0) is 14.3 Å². The summed E-state index contributed by atoms with van der Waals surface area (Å²) in [5.41, 5.74) is 0.756. The monoisotopic (exact) mass is 485 g/mol. The van der Waals surface area contributed by atoms with Crippen molar-refractivity contribution < 1.29 is 33.3 Å². The van der Waals surface area contributed by atoms with Gasteiger partial charge in [0, 0.05) is 12.1 Å². The molecule has 0 aliphatic carbocycles. The van der Waals surface area contributed by atoms with Gasteiger partial charge < -0.3 is 19.3 Å². The van der Waals surface area contributed by atoms with E-state index in [2.05, 4.69) is 17.9 Å². The Hall–Kier alpha value is -3.72. The predicted octanol–water partition coefficient (Wildman–Crippen LogP) is 5.13. The molecule has 7 nitrogen and oxygen atoms in total. The van der Waals surface area contributed by atoms with Crippen LogP contribution in [0.4, 0.5) is 14.9 Å². The number of aromatic hydroxyl groups is 1. The number of hydrogen-bond acceptors (Lipinski definition) is 7. The van der Waals surface area contributed by atoms with Gasteiger partial charge in [-0.25, -0.2) is 9.18 Å². The number of benzene rings is 3. The normalized spacial score (nSPS) is 12.3. The first-order valence-corrected chi connectivity index (χ1v) is 11.1. The number of esters is 1. The molecule has 0 radical (unpaired) electrons. The number of nitrogens with one attached hydrogen (secondary N) is 1. The van der Waals surface area contributed by atoms with Crippen molar-refractivity contribution in [2.45, 2.75) is 18.6 Å². The summed E-state index contributed by atoms with van der Waals surface area (Å²) in [5.74, 6) is -1.55. The summed E-state index contributed by atoms with van der Waals surface area (Å²) in [6, 6.07) is 21.1. The predicted molar refractivity (Wildman–Crippen MR) is 128 cm³/mol. The number of ether oxygens (including phenoxy) is 3. The highest BCUT2D eigenvalue weighted by Crippen LogP contribution is 2.30. The van der Waals surface area contributed by atoms with Gasteiger partial charge in [-0.1, -0.05) is 42.5 Å². The first-order chi connectivity index (χ1) is 16.5. The summed E-state index contributed by atoms with van der Waals surface area (Å²) in [6.07, 6.45) is -2.63. The quantitative estimate of drug-likeness (QED) is 0.272. The molecule has 3 rings (SSSR count). The summed E-state index contributed by atoms with van der Waals surface area (Å²) in [5, 5.41) is 12.2. The largest absolute Gasteiger partial charge is 0.505 e. The second-order valence-electron chi connectivity index (χ2n) is 7.16. The lowest BCUT2D eigenvalue weighted by Gasteiger charge is -2.28. The molecule has 0 heterocycles. The molecule has 2 N–H and O–H groups in total. The Bertz CT molecular complexity index is 1080. The minimum Gasteiger partial charge on any atom is -0.505 e. The lowest BCUT2D eigenvalue weighted by atomic mass is 10.0. The molecule has 3 aromatic rings. The summed E-state index contributed by atoms with van der Waals surface area (Å²) in [4.78, 5) is 24.2. The number of phenolic OH excluding ortho intramolecular Hbond substituents is 1. The zero-order valence-electron chi connectivity index (χ0n) is 18.1. The third-order valence-electron chi connectivity index (χ3n) is 4.72. The van der Waals surface area contributed by atoms with E-state index in [0.717, 1.165) is 12.1 Å². The second-order valence-corrected chi connectivity index (χ2v) is 7.48. The van der Waals surface area contributed by atoms with E-state index in [0.29, 0.717) is 11.4 Å². The number of thiol groups is 1. The molecular weight excluding hydrogens is 461 g/mol. The average molecular weight is 486 g/mol. The fraction of sp³-hybridized carbons (Fsp3) is 0.200. The van der Waals surface area contributed by atoms with E-state index in [4.69, 9.17) is 14.2 Å². The summed E-state index contributed by atoms with van der Waals surface area (Å²) in [7, 11) is 0. The molecule has 2 atom stereocenters. The second kappa shape index (κ2) is 12.5. The van der Waals surface area contributed by atoms with Crippen molar-refractivity contribution >= 4 is 30.4 Å². The number of para-hydroxylation sites is 2. The van der Waals surface area contributed by atoms with Gasteiger partial charge in [-0.2, -0.15) is 12.6 Å². The Labute approximate surface area is 201 Å². The van der Waals surface area contributed by atoms with E-state index in [1.165, 1.54) is 6.07 Å². The average Bonchev–Trinajstić information content (AvgIpc) is 2.85. The van der Waals surface area contributed by atoms with Crippen molar-refractivity contribution in [3.63, 3.8) is 0 Å². The molecule has 0 unspecified atom stereocenters. The molecule has 0 bridgehead atoms. The highest BCUT2D eigenvalue weighted by molar-refractivity contribution is 7.81. The van der Waals surface area contributed by atoms with Crippen LogP contribution >= 0.6 is 12.6 Å². The summed E-state index contributed by atoms with van der Waals surface area (Å²) >= 11 is 3.88. The molecule has 3 aromatic carbocycles. The molecule has 0 spiro atoms. The van der Waals surface area contributed by atoms with Crippen LogP contribution < -0.4 is 10.1 Å². The molecule has 0 aromatic heterocycles. The van der Waals surface area contributed by atoms with Crippen molar-refractivity contribution in [1.29, 1.82) is 0 Å². The van der Waals surface area contributed by atoms with Crippen molar-refractivity contribution in [3.8, 4) is 11.5 Å². The van der Waals surface area contributed by atoms with E-state index in [9.17, 15) is 19.1 Å². The molecule has 0 saturated heterocycles. The Balaban J connectivity index is 1.89. The van der Waals surface area contributed by atoms with Crippen molar-refractivity contribution in [2.75, 3.05) is 17.7 Å². The van der Waals surface area contributed by atoms with Crippen LogP contribution in [-0.4, -0.2) is 35.6 Å². The Morgan fingerprint density at radius 1 is 1.00 bits per heavy atom. The van der Waals surface area contributed by atoms with Crippen molar-refractivity contribution in [1.82, 2.24) is 0 Å². The van der Waals surface area contributed by atoms with Gasteiger partial charge in [0.25, 0.3) is 0 Å². The van der Waals surface area contributed by atoms with E-state index < -0.39 is 35.8 Å². The fourth-order valence-corrected chi connectivity index (χ4v) is 3.21. The highest BCUT2D eigenvalue weighted by atomic mass is 32.1. The van der Waals surface area contributed by atoms with Crippen LogP contribution in [0, 0.1) is 5.82 Å². The molecule has 0 aliphatic rings. The maximum atomic E-state index is 14.2. The van der Waals surface area contributed by atoms with Crippen LogP contribution in [0.25, 0.3) is 0 Å². The van der Waals surface area contributed by atoms with Crippen molar-refractivity contribution in [2.24, 2.45) is 0 Å². The molecule has 34 heavy (non-hydrogen) atoms. The Kier molecular flexibility index (Phi) is 9.16. The number of hydrogen-bond donors (Lipinski definition) is 3. The van der Waals surface area contributed by atoms with Gasteiger partial charge in [0.05, 0.1) is 12.4 Å². The topological polar surface area (TPSA) is 94.1 Å². The minimum atomic E-state index is -1.10. The third-order valence-corrected chi connectivity index (χ3v) is 4.98. The minimum absolute atomic E-state index is 0.0440. The number of anilines is 1. The van der Waals surface area contributed by atoms with E-state index in [1.54, 1.807) is 54.6 Å². The molecule has 0 aliphatic heterocycles. The number of carbonyl (C=O) groups excluding carboxylic acids is 2. The van der Waals surface area contributed by atoms with E-state index in [1.807, 2.05) is 6.07 Å². The molecular formula is C25H24FNO6S. The number of carbonyl (C=O) groups is 2. The van der Waals surface area contributed by atoms with Gasteiger partial charge in [0.2, 0.25) is 0 Å². The molecule has 0 saturated carbocycles. The van der Waals surface area contributed by atoms with Gasteiger partial charge in [-0.15, -0.1) is 0 Å². The molecule has 1 amide bonds. The Morgan fingerprint density at radius 2 is 1.68 bits per heavy atom. The maximum Gasteiger partial charge on any atom is 0.412 e. The Morgan fingerprint density at radius 3 is 2.32 bits per heavy atom. The van der Waals surface area contributed by atoms with Crippen molar-refractivity contribution in [3.05, 3.63) is 90.2 Å². The standard InChI is InChI=1S/C25H24FNO6S/c26-20-15-17(11-12-21(20)28)24(33-25(30)27-18-7-3-1-4-8-18)22(13-14-31-23(29)16-34)32-19-9-5-2-6-10-19/h1-12,15,22,24,28,34H,13-14,16H2,(H,27,30)/t22-,24-/m0/s1. The van der Waals surface area contributed by atoms with Crippen LogP contribution in [0.5, 0.6) is 11.5 Å². The number of phenols is 1.